The van der Waals surface area contributed by atoms with Crippen LogP contribution < -0.4 is 26.6 Å². The van der Waals surface area contributed by atoms with Crippen molar-refractivity contribution in [3.8, 4) is 5.75 Å². The van der Waals surface area contributed by atoms with Gasteiger partial charge in [-0.2, -0.15) is 0 Å². The number of aromatic hydroxyl groups is 1. The lowest BCUT2D eigenvalue weighted by atomic mass is 10.0. The van der Waals surface area contributed by atoms with E-state index in [-0.39, 0.29) is 25.1 Å². The normalized spacial score (nSPS) is 13.9. The summed E-state index contributed by atoms with van der Waals surface area (Å²) in [6.45, 7) is -0.0792. The second-order valence-electron chi connectivity index (χ2n) is 9.95. The van der Waals surface area contributed by atoms with Gasteiger partial charge in [-0.05, 0) is 43.7 Å². The van der Waals surface area contributed by atoms with Crippen LogP contribution in [0.2, 0.25) is 1.41 Å². The zero-order valence-electron chi connectivity index (χ0n) is 26.0. The van der Waals surface area contributed by atoms with Crippen LogP contribution in [0, 0.1) is 0 Å². The van der Waals surface area contributed by atoms with Gasteiger partial charge in [0.25, 0.3) is 0 Å². The third-order valence-electron chi connectivity index (χ3n) is 6.81. The molecule has 4 atom stereocenters. The van der Waals surface area contributed by atoms with Crippen LogP contribution >= 0.6 is 0 Å². The van der Waals surface area contributed by atoms with Crippen LogP contribution in [0.5, 0.6) is 5.75 Å². The number of likely N-dealkylation sites (N-methyl/N-ethyl adjacent to an activating group) is 3. The summed E-state index contributed by atoms with van der Waals surface area (Å²) >= 11 is 0. The van der Waals surface area contributed by atoms with Crippen molar-refractivity contribution in [2.75, 3.05) is 40.4 Å². The minimum atomic E-state index is -1.44. The Labute approximate surface area is 257 Å². The van der Waals surface area contributed by atoms with Gasteiger partial charge in [0.1, 0.15) is 25.3 Å². The quantitative estimate of drug-likeness (QED) is 0.0970. The second kappa shape index (κ2) is 18.2. The molecule has 0 aliphatic carbocycles. The Morgan fingerprint density at radius 2 is 1.32 bits per heavy atom. The van der Waals surface area contributed by atoms with Gasteiger partial charge in [-0.3, -0.25) is 24.0 Å². The molecule has 14 nitrogen and oxygen atoms in total. The van der Waals surface area contributed by atoms with E-state index in [1.807, 2.05) is 0 Å². The van der Waals surface area contributed by atoms with E-state index >= 15 is 0 Å². The summed E-state index contributed by atoms with van der Waals surface area (Å²) in [5, 5.41) is 39.6. The number of rotatable bonds is 17. The zero-order valence-corrected chi connectivity index (χ0v) is 25.0. The summed E-state index contributed by atoms with van der Waals surface area (Å²) in [5.74, 6) is -3.53. The molecule has 5 amide bonds. The first-order valence-electron chi connectivity index (χ1n) is 14.5. The lowest BCUT2D eigenvalue weighted by Gasteiger charge is -2.29. The molecule has 0 heterocycles. The zero-order chi connectivity index (χ0) is 33.5. The van der Waals surface area contributed by atoms with Crippen LogP contribution in [-0.2, 0) is 36.8 Å². The van der Waals surface area contributed by atoms with Gasteiger partial charge in [0.05, 0.1) is 25.8 Å². The number of hydrogen-bond donors (Lipinski definition) is 8. The molecule has 44 heavy (non-hydrogen) atoms. The van der Waals surface area contributed by atoms with Gasteiger partial charge in [-0.25, -0.2) is 0 Å². The molecule has 0 unspecified atom stereocenters. The summed E-state index contributed by atoms with van der Waals surface area (Å²) in [4.78, 5) is 65.5. The summed E-state index contributed by atoms with van der Waals surface area (Å²) in [6.07, 6.45) is 0.145. The van der Waals surface area contributed by atoms with Gasteiger partial charge < -0.3 is 46.8 Å². The Balaban J connectivity index is 2.09. The fraction of sp³-hybridized carbons (Fsp3) is 0.433. The smallest absolute Gasteiger partial charge is 0.245 e. The van der Waals surface area contributed by atoms with Crippen LogP contribution in [0.15, 0.2) is 54.6 Å². The summed E-state index contributed by atoms with van der Waals surface area (Å²) < 4.78 is 7.95. The van der Waals surface area contributed by atoms with E-state index in [0.717, 1.165) is 10.2 Å². The number of hydrogen-bond acceptors (Lipinski definition) is 9. The molecule has 0 bridgehead atoms. The predicted molar refractivity (Wildman–Crippen MR) is 161 cm³/mol. The van der Waals surface area contributed by atoms with E-state index < -0.39 is 73.5 Å². The number of amides is 5. The SMILES string of the molecule is [2H]N(C)[C@@H](Cc1ccc(O)cc1)C(=O)N[C@@H](CO)C(=O)NCC(=O)N(C)[C@@H](Cc1ccccc1)C(=O)N[C@H](CO)C(=O)NCC. The van der Waals surface area contributed by atoms with Crippen molar-refractivity contribution in [3.05, 3.63) is 65.7 Å². The maximum absolute atomic E-state index is 13.3. The lowest BCUT2D eigenvalue weighted by molar-refractivity contribution is -0.140. The van der Waals surface area contributed by atoms with Crippen molar-refractivity contribution in [1.29, 1.82) is 0 Å². The fourth-order valence-electron chi connectivity index (χ4n) is 4.21. The number of aliphatic hydroxyl groups is 2. The van der Waals surface area contributed by atoms with Crippen LogP contribution in [0.25, 0.3) is 0 Å². The molecule has 240 valence electrons. The molecule has 0 aromatic heterocycles. The molecule has 0 radical (unpaired) electrons. The van der Waals surface area contributed by atoms with Gasteiger partial charge in [-0.1, -0.05) is 42.5 Å². The topological polar surface area (TPSA) is 209 Å². The van der Waals surface area contributed by atoms with E-state index in [9.17, 15) is 39.3 Å². The first-order valence-corrected chi connectivity index (χ1v) is 14.1. The van der Waals surface area contributed by atoms with E-state index in [1.165, 1.54) is 26.2 Å². The van der Waals surface area contributed by atoms with Crippen molar-refractivity contribution in [1.82, 2.24) is 31.5 Å². The number of carbonyl (C=O) groups is 5. The van der Waals surface area contributed by atoms with Gasteiger partial charge in [-0.15, -0.1) is 0 Å². The Morgan fingerprint density at radius 1 is 0.773 bits per heavy atom. The van der Waals surface area contributed by atoms with E-state index in [0.29, 0.717) is 11.1 Å². The first kappa shape index (κ1) is 34.0. The molecule has 0 saturated heterocycles. The Kier molecular flexibility index (Phi) is 14.1. The van der Waals surface area contributed by atoms with Gasteiger partial charge in [0.15, 0.2) is 0 Å². The highest BCUT2D eigenvalue weighted by molar-refractivity contribution is 5.94. The lowest BCUT2D eigenvalue weighted by Crippen LogP contribution is -2.58. The predicted octanol–water partition coefficient (Wildman–Crippen LogP) is -2.20. The number of phenolic OH excluding ortho intramolecular Hbond substituents is 1. The van der Waals surface area contributed by atoms with E-state index in [4.69, 9.17) is 1.41 Å². The standard InChI is InChI=1S/C30H42N6O8/c1-4-32-27(41)23(17-37)35-30(44)25(15-19-8-6-5-7-9-19)36(3)26(40)16-33-28(42)24(18-38)34-29(43)22(31-2)14-20-10-12-21(39)13-11-20/h5-13,22-25,31,37-39H,4,14-18H2,1-3H3,(H,32,41)(H,33,42)(H,34,43)(H,35,44)/t22-,23+,24-,25-/m0/s1/i/hD. The van der Waals surface area contributed by atoms with Crippen molar-refractivity contribution >= 4 is 29.5 Å². The molecule has 0 aliphatic rings. The molecule has 0 aliphatic heterocycles. The number of benzene rings is 2. The molecular weight excluding hydrogens is 572 g/mol. The minimum Gasteiger partial charge on any atom is -0.508 e. The average Bonchev–Trinajstić information content (AvgIpc) is 3.03. The Morgan fingerprint density at radius 3 is 1.86 bits per heavy atom. The van der Waals surface area contributed by atoms with E-state index in [1.54, 1.807) is 49.4 Å². The first-order chi connectivity index (χ1) is 21.4. The summed E-state index contributed by atoms with van der Waals surface area (Å²) in [7, 11) is 2.71. The second-order valence-corrected chi connectivity index (χ2v) is 9.95. The molecular formula is C30H42N6O8. The Bertz CT molecular complexity index is 1280. The summed E-state index contributed by atoms with van der Waals surface area (Å²) in [6, 6.07) is 10.0. The third kappa shape index (κ3) is 10.9. The highest BCUT2D eigenvalue weighted by Gasteiger charge is 2.31. The average molecular weight is 616 g/mol. The molecule has 0 spiro atoms. The number of nitrogens with zero attached hydrogens (tertiary/aromatic N) is 1. The van der Waals surface area contributed by atoms with Crippen LogP contribution in [0.1, 0.15) is 18.1 Å². The number of nitrogens with one attached hydrogen (secondary N) is 5. The van der Waals surface area contributed by atoms with Crippen LogP contribution in [0.4, 0.5) is 0 Å². The van der Waals surface area contributed by atoms with E-state index in [2.05, 4.69) is 21.3 Å². The maximum Gasteiger partial charge on any atom is 0.245 e. The molecule has 2 aromatic rings. The van der Waals surface area contributed by atoms with Crippen molar-refractivity contribution in [2.24, 2.45) is 0 Å². The monoisotopic (exact) mass is 615 g/mol. The van der Waals surface area contributed by atoms with Gasteiger partial charge >= 0.3 is 0 Å². The third-order valence-corrected chi connectivity index (χ3v) is 6.81. The minimum absolute atomic E-state index is 0.0388. The molecule has 14 heteroatoms. The number of phenols is 1. The van der Waals surface area contributed by atoms with Crippen molar-refractivity contribution in [2.45, 2.75) is 43.9 Å². The highest BCUT2D eigenvalue weighted by atomic mass is 16.3. The molecule has 2 rings (SSSR count). The highest BCUT2D eigenvalue weighted by Crippen LogP contribution is 2.12. The van der Waals surface area contributed by atoms with Crippen LogP contribution in [-0.4, -0.2) is 114 Å². The van der Waals surface area contributed by atoms with Gasteiger partial charge in [0.2, 0.25) is 29.5 Å². The molecule has 8 N–H and O–H groups in total. The number of aliphatic hydroxyl groups excluding tert-OH is 2. The van der Waals surface area contributed by atoms with Crippen molar-refractivity contribution < 1.29 is 40.7 Å². The largest absolute Gasteiger partial charge is 0.508 e. The number of carbonyl (C=O) groups excluding carboxylic acids is 5. The van der Waals surface area contributed by atoms with Crippen molar-refractivity contribution in [3.63, 3.8) is 0 Å². The van der Waals surface area contributed by atoms with Gasteiger partial charge in [0, 0.05) is 20.0 Å². The van der Waals surface area contributed by atoms with Crippen LogP contribution in [0.3, 0.4) is 0 Å². The molecule has 2 aromatic carbocycles. The summed E-state index contributed by atoms with van der Waals surface area (Å²) in [5.41, 5.74) is 1.36. The molecule has 0 saturated carbocycles. The fourth-order valence-corrected chi connectivity index (χ4v) is 4.21. The Hall–Kier alpha value is -4.53. The molecule has 0 fully saturated rings. The maximum atomic E-state index is 13.3.